The van der Waals surface area contributed by atoms with E-state index in [0.29, 0.717) is 6.04 Å². The second kappa shape index (κ2) is 4.05. The first-order valence-electron chi connectivity index (χ1n) is 6.60. The molecule has 0 bridgehead atoms. The summed E-state index contributed by atoms with van der Waals surface area (Å²) in [6, 6.07) is 0.559. The fourth-order valence-electron chi connectivity index (χ4n) is 2.88. The van der Waals surface area contributed by atoms with E-state index in [-0.39, 0.29) is 5.54 Å². The topological polar surface area (TPSA) is 53.6 Å². The first-order valence-corrected chi connectivity index (χ1v) is 6.60. The van der Waals surface area contributed by atoms with Crippen molar-refractivity contribution in [3.63, 3.8) is 0 Å². The van der Waals surface area contributed by atoms with Gasteiger partial charge in [-0.25, -0.2) is 4.98 Å². The highest BCUT2D eigenvalue weighted by atomic mass is 15.1. The van der Waals surface area contributed by atoms with Crippen LogP contribution in [-0.2, 0) is 12.8 Å². The number of H-pyrrole nitrogens is 1. The molecule has 0 aliphatic heterocycles. The predicted octanol–water partition coefficient (Wildman–Crippen LogP) is 2.20. The van der Waals surface area contributed by atoms with E-state index in [1.807, 2.05) is 12.4 Å². The van der Waals surface area contributed by atoms with E-state index in [1.54, 1.807) is 0 Å². The third-order valence-corrected chi connectivity index (χ3v) is 3.53. The summed E-state index contributed by atoms with van der Waals surface area (Å²) < 4.78 is 0. The van der Waals surface area contributed by atoms with Gasteiger partial charge in [0, 0.05) is 23.2 Å². The van der Waals surface area contributed by atoms with Gasteiger partial charge in [-0.15, -0.1) is 0 Å². The van der Waals surface area contributed by atoms with Crippen molar-refractivity contribution in [3.8, 4) is 0 Å². The van der Waals surface area contributed by atoms with Crippen molar-refractivity contribution in [2.24, 2.45) is 0 Å². The van der Waals surface area contributed by atoms with E-state index >= 15 is 0 Å². The molecule has 4 nitrogen and oxygen atoms in total. The molecule has 0 spiro atoms. The molecule has 0 radical (unpaired) electrons. The first-order chi connectivity index (χ1) is 8.53. The number of aryl methyl sites for hydroxylation is 1. The Hall–Kier alpha value is -1.42. The number of rotatable bonds is 1. The van der Waals surface area contributed by atoms with Crippen molar-refractivity contribution < 1.29 is 0 Å². The molecule has 1 unspecified atom stereocenters. The molecular weight excluding hydrogens is 224 g/mol. The first kappa shape index (κ1) is 11.7. The fraction of sp³-hybridized carbons (Fsp3) is 0.571. The van der Waals surface area contributed by atoms with Gasteiger partial charge in [0.05, 0.1) is 6.20 Å². The molecule has 1 aliphatic rings. The lowest BCUT2D eigenvalue weighted by Crippen LogP contribution is -2.46. The standard InChI is InChI=1S/C14H20N4/c1-14(2,3)17-10-4-5-11-9(6-10)7-15-13-12(11)8-16-18-13/h7-8,10,17H,4-6H2,1-3H3,(H,15,16,18). The molecule has 0 amide bonds. The van der Waals surface area contributed by atoms with Crippen molar-refractivity contribution >= 4 is 11.0 Å². The van der Waals surface area contributed by atoms with Crippen LogP contribution in [0.1, 0.15) is 38.3 Å². The molecule has 2 aromatic heterocycles. The van der Waals surface area contributed by atoms with Gasteiger partial charge in [0.15, 0.2) is 5.65 Å². The molecule has 0 saturated carbocycles. The lowest BCUT2D eigenvalue weighted by atomic mass is 9.87. The monoisotopic (exact) mass is 244 g/mol. The normalized spacial score (nSPS) is 20.1. The van der Waals surface area contributed by atoms with Crippen LogP contribution < -0.4 is 5.32 Å². The summed E-state index contributed by atoms with van der Waals surface area (Å²) in [5.41, 5.74) is 3.89. The Morgan fingerprint density at radius 2 is 2.17 bits per heavy atom. The highest BCUT2D eigenvalue weighted by molar-refractivity contribution is 5.79. The molecule has 96 valence electrons. The number of hydrogen-bond donors (Lipinski definition) is 2. The summed E-state index contributed by atoms with van der Waals surface area (Å²) in [6.45, 7) is 6.67. The van der Waals surface area contributed by atoms with E-state index < -0.39 is 0 Å². The molecule has 2 aromatic rings. The zero-order chi connectivity index (χ0) is 12.8. The third-order valence-electron chi connectivity index (χ3n) is 3.53. The summed E-state index contributed by atoms with van der Waals surface area (Å²) in [5.74, 6) is 0. The Kier molecular flexibility index (Phi) is 2.63. The quantitative estimate of drug-likeness (QED) is 0.808. The summed E-state index contributed by atoms with van der Waals surface area (Å²) in [4.78, 5) is 4.44. The van der Waals surface area contributed by atoms with Crippen LogP contribution in [0, 0.1) is 0 Å². The van der Waals surface area contributed by atoms with Gasteiger partial charge in [-0.2, -0.15) is 5.10 Å². The summed E-state index contributed by atoms with van der Waals surface area (Å²) in [5, 5.41) is 11.9. The highest BCUT2D eigenvalue weighted by Crippen LogP contribution is 2.27. The van der Waals surface area contributed by atoms with Gasteiger partial charge in [-0.1, -0.05) is 0 Å². The third kappa shape index (κ3) is 2.12. The number of aromatic amines is 1. The molecule has 1 aliphatic carbocycles. The molecule has 3 rings (SSSR count). The van der Waals surface area contributed by atoms with E-state index in [9.17, 15) is 0 Å². The molecule has 2 N–H and O–H groups in total. The van der Waals surface area contributed by atoms with E-state index in [2.05, 4.69) is 41.3 Å². The largest absolute Gasteiger partial charge is 0.309 e. The van der Waals surface area contributed by atoms with Gasteiger partial charge in [0.25, 0.3) is 0 Å². The minimum atomic E-state index is 0.176. The lowest BCUT2D eigenvalue weighted by molar-refractivity contribution is 0.335. The molecular formula is C14H20N4. The van der Waals surface area contributed by atoms with Crippen molar-refractivity contribution in [2.75, 3.05) is 0 Å². The lowest BCUT2D eigenvalue weighted by Gasteiger charge is -2.32. The van der Waals surface area contributed by atoms with Crippen molar-refractivity contribution in [1.29, 1.82) is 0 Å². The van der Waals surface area contributed by atoms with Gasteiger partial charge < -0.3 is 5.32 Å². The summed E-state index contributed by atoms with van der Waals surface area (Å²) >= 11 is 0. The maximum absolute atomic E-state index is 4.44. The second-order valence-corrected chi connectivity index (χ2v) is 6.23. The minimum absolute atomic E-state index is 0.176. The smallest absolute Gasteiger partial charge is 0.155 e. The second-order valence-electron chi connectivity index (χ2n) is 6.23. The zero-order valence-corrected chi connectivity index (χ0v) is 11.2. The number of hydrogen-bond acceptors (Lipinski definition) is 3. The zero-order valence-electron chi connectivity index (χ0n) is 11.2. The summed E-state index contributed by atoms with van der Waals surface area (Å²) in [6.07, 6.45) is 7.28. The Morgan fingerprint density at radius 1 is 1.33 bits per heavy atom. The Balaban J connectivity index is 1.89. The van der Waals surface area contributed by atoms with Crippen LogP contribution >= 0.6 is 0 Å². The van der Waals surface area contributed by atoms with Crippen LogP contribution in [0.5, 0.6) is 0 Å². The van der Waals surface area contributed by atoms with Crippen molar-refractivity contribution in [3.05, 3.63) is 23.5 Å². The Labute approximate surface area is 107 Å². The van der Waals surface area contributed by atoms with Crippen LogP contribution in [0.2, 0.25) is 0 Å². The molecule has 18 heavy (non-hydrogen) atoms. The molecule has 0 fully saturated rings. The van der Waals surface area contributed by atoms with Crippen LogP contribution in [0.4, 0.5) is 0 Å². The average molecular weight is 244 g/mol. The van der Waals surface area contributed by atoms with E-state index in [4.69, 9.17) is 0 Å². The molecule has 0 saturated heterocycles. The van der Waals surface area contributed by atoms with Crippen molar-refractivity contribution in [1.82, 2.24) is 20.5 Å². The number of pyridine rings is 1. The average Bonchev–Trinajstić information content (AvgIpc) is 2.74. The maximum Gasteiger partial charge on any atom is 0.155 e. The summed E-state index contributed by atoms with van der Waals surface area (Å²) in [7, 11) is 0. The maximum atomic E-state index is 4.44. The van der Waals surface area contributed by atoms with Crippen LogP contribution in [-0.4, -0.2) is 26.8 Å². The number of fused-ring (bicyclic) bond motifs is 3. The van der Waals surface area contributed by atoms with Gasteiger partial charge in [0.1, 0.15) is 0 Å². The number of aromatic nitrogens is 3. The number of nitrogens with one attached hydrogen (secondary N) is 2. The molecule has 2 heterocycles. The predicted molar refractivity (Wildman–Crippen MR) is 72.6 cm³/mol. The van der Waals surface area contributed by atoms with Crippen LogP contribution in [0.15, 0.2) is 12.4 Å². The van der Waals surface area contributed by atoms with Crippen LogP contribution in [0.3, 0.4) is 0 Å². The molecule has 0 aromatic carbocycles. The Bertz CT molecular complexity index is 565. The molecule has 1 atom stereocenters. The van der Waals surface area contributed by atoms with Gasteiger partial charge in [-0.05, 0) is 51.2 Å². The number of nitrogens with zero attached hydrogens (tertiary/aromatic N) is 2. The van der Waals surface area contributed by atoms with Gasteiger partial charge in [-0.3, -0.25) is 5.10 Å². The SMILES string of the molecule is CC(C)(C)NC1CCc2c(cnc3[nH]ncc23)C1. The van der Waals surface area contributed by atoms with E-state index in [0.717, 1.165) is 18.5 Å². The van der Waals surface area contributed by atoms with Crippen LogP contribution in [0.25, 0.3) is 11.0 Å². The Morgan fingerprint density at radius 3 is 2.94 bits per heavy atom. The van der Waals surface area contributed by atoms with Gasteiger partial charge >= 0.3 is 0 Å². The van der Waals surface area contributed by atoms with Gasteiger partial charge in [0.2, 0.25) is 0 Å². The van der Waals surface area contributed by atoms with Crippen molar-refractivity contribution in [2.45, 2.75) is 51.6 Å². The fourth-order valence-corrected chi connectivity index (χ4v) is 2.88. The highest BCUT2D eigenvalue weighted by Gasteiger charge is 2.24. The molecule has 4 heteroatoms. The minimum Gasteiger partial charge on any atom is -0.309 e. The van der Waals surface area contributed by atoms with E-state index in [1.165, 1.54) is 22.9 Å².